The van der Waals surface area contributed by atoms with Gasteiger partial charge in [-0.2, -0.15) is 0 Å². The van der Waals surface area contributed by atoms with Gasteiger partial charge in [-0.15, -0.1) is 11.8 Å². The molecule has 5 nitrogen and oxygen atoms in total. The topological polar surface area (TPSA) is 60.5 Å². The fraction of sp³-hybridized carbons (Fsp3) is 0.294. The molecular formula is C17H19FN2O3S. The molecule has 1 N–H and O–H groups in total. The van der Waals surface area contributed by atoms with Crippen molar-refractivity contribution in [3.8, 4) is 5.75 Å². The molecule has 0 aliphatic carbocycles. The highest BCUT2D eigenvalue weighted by Crippen LogP contribution is 2.21. The molecule has 0 atom stereocenters. The number of nitrogens with zero attached hydrogens (tertiary/aromatic N) is 1. The summed E-state index contributed by atoms with van der Waals surface area (Å²) < 4.78 is 23.9. The second-order valence-corrected chi connectivity index (χ2v) is 5.87. The highest BCUT2D eigenvalue weighted by Gasteiger charge is 2.08. The van der Waals surface area contributed by atoms with E-state index in [1.165, 1.54) is 23.9 Å². The van der Waals surface area contributed by atoms with E-state index in [9.17, 15) is 9.18 Å². The number of carbonyl (C=O) groups is 1. The lowest BCUT2D eigenvalue weighted by atomic mass is 10.3. The molecule has 0 aliphatic heterocycles. The SMILES string of the molecule is COCCOc1ccc(NC(=O)CSCc2cccnc2)cc1F. The molecule has 0 aliphatic rings. The van der Waals surface area contributed by atoms with Gasteiger partial charge in [0.05, 0.1) is 12.4 Å². The molecule has 0 radical (unpaired) electrons. The number of hydrogen-bond donors (Lipinski definition) is 1. The lowest BCUT2D eigenvalue weighted by Crippen LogP contribution is -2.14. The number of carbonyl (C=O) groups excluding carboxylic acids is 1. The number of nitrogens with one attached hydrogen (secondary N) is 1. The van der Waals surface area contributed by atoms with Gasteiger partial charge in [-0.05, 0) is 23.8 Å². The van der Waals surface area contributed by atoms with Crippen molar-refractivity contribution in [2.75, 3.05) is 31.4 Å². The van der Waals surface area contributed by atoms with Crippen molar-refractivity contribution in [2.24, 2.45) is 0 Å². The van der Waals surface area contributed by atoms with Gasteiger partial charge in [-0.3, -0.25) is 9.78 Å². The first kappa shape index (κ1) is 18.2. The van der Waals surface area contributed by atoms with Crippen LogP contribution >= 0.6 is 11.8 Å². The molecule has 1 amide bonds. The third kappa shape index (κ3) is 6.17. The Labute approximate surface area is 144 Å². The Bertz CT molecular complexity index is 656. The Morgan fingerprint density at radius 3 is 2.92 bits per heavy atom. The summed E-state index contributed by atoms with van der Waals surface area (Å²) in [6.45, 7) is 0.649. The van der Waals surface area contributed by atoms with Gasteiger partial charge in [-0.1, -0.05) is 6.07 Å². The highest BCUT2D eigenvalue weighted by atomic mass is 32.2. The van der Waals surface area contributed by atoms with Crippen LogP contribution in [0, 0.1) is 5.82 Å². The smallest absolute Gasteiger partial charge is 0.234 e. The van der Waals surface area contributed by atoms with E-state index in [1.807, 2.05) is 12.1 Å². The van der Waals surface area contributed by atoms with Gasteiger partial charge < -0.3 is 14.8 Å². The highest BCUT2D eigenvalue weighted by molar-refractivity contribution is 7.99. The molecule has 1 aromatic heterocycles. The van der Waals surface area contributed by atoms with Crippen LogP contribution in [0.3, 0.4) is 0 Å². The average Bonchev–Trinajstić information content (AvgIpc) is 2.58. The standard InChI is InChI=1S/C17H19FN2O3S/c1-22-7-8-23-16-5-4-14(9-15(16)18)20-17(21)12-24-11-13-3-2-6-19-10-13/h2-6,9-10H,7-8,11-12H2,1H3,(H,20,21). The fourth-order valence-electron chi connectivity index (χ4n) is 1.87. The first-order valence-corrected chi connectivity index (χ1v) is 8.52. The largest absolute Gasteiger partial charge is 0.488 e. The molecule has 128 valence electrons. The Balaban J connectivity index is 1.77. The summed E-state index contributed by atoms with van der Waals surface area (Å²) in [4.78, 5) is 15.9. The predicted molar refractivity (Wildman–Crippen MR) is 92.8 cm³/mol. The number of rotatable bonds is 9. The molecule has 0 spiro atoms. The molecule has 2 rings (SSSR count). The van der Waals surface area contributed by atoms with E-state index in [0.29, 0.717) is 18.0 Å². The van der Waals surface area contributed by atoms with E-state index in [4.69, 9.17) is 9.47 Å². The van der Waals surface area contributed by atoms with Gasteiger partial charge in [0, 0.05) is 37.0 Å². The number of ether oxygens (including phenoxy) is 2. The zero-order valence-corrected chi connectivity index (χ0v) is 14.1. The van der Waals surface area contributed by atoms with Crippen LogP contribution in [0.2, 0.25) is 0 Å². The summed E-state index contributed by atoms with van der Waals surface area (Å²) in [5.74, 6) is 0.407. The molecule has 0 unspecified atom stereocenters. The minimum Gasteiger partial charge on any atom is -0.488 e. The molecule has 0 fully saturated rings. The third-order valence-corrected chi connectivity index (χ3v) is 3.99. The average molecular weight is 350 g/mol. The molecule has 1 heterocycles. The Morgan fingerprint density at radius 2 is 2.21 bits per heavy atom. The van der Waals surface area contributed by atoms with Crippen molar-refractivity contribution in [3.63, 3.8) is 0 Å². The molecule has 0 saturated carbocycles. The van der Waals surface area contributed by atoms with E-state index >= 15 is 0 Å². The van der Waals surface area contributed by atoms with E-state index in [1.54, 1.807) is 25.6 Å². The quantitative estimate of drug-likeness (QED) is 0.704. The summed E-state index contributed by atoms with van der Waals surface area (Å²) >= 11 is 1.47. The number of amides is 1. The van der Waals surface area contributed by atoms with Crippen molar-refractivity contribution >= 4 is 23.4 Å². The van der Waals surface area contributed by atoms with Gasteiger partial charge in [0.2, 0.25) is 5.91 Å². The molecule has 0 saturated heterocycles. The molecular weight excluding hydrogens is 331 g/mol. The maximum atomic E-state index is 13.9. The first-order chi connectivity index (χ1) is 11.7. The number of halogens is 1. The summed E-state index contributed by atoms with van der Waals surface area (Å²) in [7, 11) is 1.55. The normalized spacial score (nSPS) is 10.4. The van der Waals surface area contributed by atoms with E-state index in [2.05, 4.69) is 10.3 Å². The van der Waals surface area contributed by atoms with Crippen molar-refractivity contribution in [3.05, 3.63) is 54.1 Å². The van der Waals surface area contributed by atoms with Gasteiger partial charge in [-0.25, -0.2) is 4.39 Å². The van der Waals surface area contributed by atoms with Gasteiger partial charge in [0.15, 0.2) is 11.6 Å². The minimum absolute atomic E-state index is 0.135. The van der Waals surface area contributed by atoms with Crippen LogP contribution in [-0.2, 0) is 15.3 Å². The minimum atomic E-state index is -0.521. The third-order valence-electron chi connectivity index (χ3n) is 2.99. The van der Waals surface area contributed by atoms with Crippen molar-refractivity contribution < 1.29 is 18.7 Å². The number of anilines is 1. The molecule has 0 bridgehead atoms. The number of hydrogen-bond acceptors (Lipinski definition) is 5. The monoisotopic (exact) mass is 350 g/mol. The Hall–Kier alpha value is -2.12. The van der Waals surface area contributed by atoms with Crippen molar-refractivity contribution in [1.29, 1.82) is 0 Å². The van der Waals surface area contributed by atoms with E-state index < -0.39 is 5.82 Å². The number of thioether (sulfide) groups is 1. The van der Waals surface area contributed by atoms with Crippen molar-refractivity contribution in [2.45, 2.75) is 5.75 Å². The molecule has 7 heteroatoms. The second-order valence-electron chi connectivity index (χ2n) is 4.89. The van der Waals surface area contributed by atoms with Crippen LogP contribution in [0.1, 0.15) is 5.56 Å². The number of benzene rings is 1. The molecule has 24 heavy (non-hydrogen) atoms. The lowest BCUT2D eigenvalue weighted by Gasteiger charge is -2.09. The van der Waals surface area contributed by atoms with Crippen molar-refractivity contribution in [1.82, 2.24) is 4.98 Å². The number of methoxy groups -OCH3 is 1. The maximum absolute atomic E-state index is 13.9. The summed E-state index contributed by atoms with van der Waals surface area (Å²) in [6, 6.07) is 8.15. The van der Waals surface area contributed by atoms with Crippen LogP contribution in [-0.4, -0.2) is 37.0 Å². The fourth-order valence-corrected chi connectivity index (χ4v) is 2.64. The van der Waals surface area contributed by atoms with Crippen LogP contribution in [0.15, 0.2) is 42.7 Å². The molecule has 1 aromatic carbocycles. The van der Waals surface area contributed by atoms with E-state index in [-0.39, 0.29) is 24.0 Å². The Morgan fingerprint density at radius 1 is 1.33 bits per heavy atom. The van der Waals surface area contributed by atoms with Crippen LogP contribution < -0.4 is 10.1 Å². The zero-order valence-electron chi connectivity index (χ0n) is 13.3. The predicted octanol–water partition coefficient (Wildman–Crippen LogP) is 3.12. The van der Waals surface area contributed by atoms with Crippen LogP contribution in [0.4, 0.5) is 10.1 Å². The van der Waals surface area contributed by atoms with Crippen LogP contribution in [0.5, 0.6) is 5.75 Å². The van der Waals surface area contributed by atoms with Crippen LogP contribution in [0.25, 0.3) is 0 Å². The van der Waals surface area contributed by atoms with Gasteiger partial charge >= 0.3 is 0 Å². The summed E-state index contributed by atoms with van der Waals surface area (Å²) in [5, 5.41) is 2.67. The summed E-state index contributed by atoms with van der Waals surface area (Å²) in [5.41, 5.74) is 1.46. The maximum Gasteiger partial charge on any atom is 0.234 e. The van der Waals surface area contributed by atoms with Gasteiger partial charge in [0.1, 0.15) is 6.61 Å². The molecule has 2 aromatic rings. The number of pyridine rings is 1. The second kappa shape index (κ2) is 9.89. The lowest BCUT2D eigenvalue weighted by molar-refractivity contribution is -0.113. The first-order valence-electron chi connectivity index (χ1n) is 7.37. The summed E-state index contributed by atoms with van der Waals surface area (Å²) in [6.07, 6.45) is 3.47. The van der Waals surface area contributed by atoms with Gasteiger partial charge in [0.25, 0.3) is 0 Å². The number of aromatic nitrogens is 1. The Kier molecular flexibility index (Phi) is 7.51. The van der Waals surface area contributed by atoms with E-state index in [0.717, 1.165) is 5.56 Å². The zero-order chi connectivity index (χ0) is 17.2.